The van der Waals surface area contributed by atoms with E-state index in [1.165, 1.54) is 18.2 Å². The summed E-state index contributed by atoms with van der Waals surface area (Å²) in [6.45, 7) is 5.21. The van der Waals surface area contributed by atoms with Gasteiger partial charge in [0.15, 0.2) is 0 Å². The lowest BCUT2D eigenvalue weighted by Crippen LogP contribution is -2.37. The van der Waals surface area contributed by atoms with E-state index >= 15 is 0 Å². The van der Waals surface area contributed by atoms with Crippen molar-refractivity contribution in [1.82, 2.24) is 14.7 Å². The molecule has 11 heteroatoms. The first-order valence-corrected chi connectivity index (χ1v) is 11.0. The van der Waals surface area contributed by atoms with Crippen LogP contribution in [0.1, 0.15) is 5.69 Å². The van der Waals surface area contributed by atoms with Crippen molar-refractivity contribution >= 4 is 45.0 Å². The van der Waals surface area contributed by atoms with Crippen LogP contribution in [0.2, 0.25) is 10.0 Å². The third kappa shape index (κ3) is 5.45. The lowest BCUT2D eigenvalue weighted by Gasteiger charge is -2.28. The van der Waals surface area contributed by atoms with Crippen molar-refractivity contribution in [3.63, 3.8) is 0 Å². The minimum atomic E-state index is -3.77. The molecule has 0 spiro atoms. The van der Waals surface area contributed by atoms with Crippen LogP contribution in [0.4, 0.5) is 11.8 Å². The maximum Gasteiger partial charge on any atom is 0.242 e. The quantitative estimate of drug-likeness (QED) is 0.631. The molecule has 0 radical (unpaired) electrons. The highest BCUT2D eigenvalue weighted by Gasteiger charge is 2.18. The zero-order valence-corrected chi connectivity index (χ0v) is 17.6. The predicted molar refractivity (Wildman–Crippen MR) is 110 cm³/mol. The van der Waals surface area contributed by atoms with Crippen LogP contribution in [0.15, 0.2) is 29.2 Å². The summed E-state index contributed by atoms with van der Waals surface area (Å²) in [5, 5.41) is 3.46. The minimum absolute atomic E-state index is 0.0527. The highest BCUT2D eigenvalue weighted by molar-refractivity contribution is 7.89. The SMILES string of the molecule is Cc1cc(N2CCOCC2)nc(NCCNS(=O)(=O)c2cc(Cl)ccc2Cl)n1. The van der Waals surface area contributed by atoms with Gasteiger partial charge in [-0.25, -0.2) is 18.1 Å². The smallest absolute Gasteiger partial charge is 0.242 e. The molecule has 1 aliphatic heterocycles. The zero-order valence-electron chi connectivity index (χ0n) is 15.3. The van der Waals surface area contributed by atoms with Gasteiger partial charge in [-0.15, -0.1) is 0 Å². The lowest BCUT2D eigenvalue weighted by atomic mass is 10.3. The Morgan fingerprint density at radius 1 is 1.14 bits per heavy atom. The van der Waals surface area contributed by atoms with E-state index in [4.69, 9.17) is 27.9 Å². The summed E-state index contributed by atoms with van der Waals surface area (Å²) in [7, 11) is -3.77. The summed E-state index contributed by atoms with van der Waals surface area (Å²) in [5.41, 5.74) is 0.824. The van der Waals surface area contributed by atoms with Crippen molar-refractivity contribution in [3.05, 3.63) is 40.0 Å². The molecule has 1 aromatic carbocycles. The molecule has 1 saturated heterocycles. The molecule has 1 aliphatic rings. The average Bonchev–Trinajstić information content (AvgIpc) is 2.67. The van der Waals surface area contributed by atoms with Gasteiger partial charge in [-0.2, -0.15) is 4.98 Å². The number of aromatic nitrogens is 2. The Bertz CT molecular complexity index is 936. The Balaban J connectivity index is 1.59. The Kier molecular flexibility index (Phi) is 6.95. The maximum absolute atomic E-state index is 12.4. The van der Waals surface area contributed by atoms with E-state index < -0.39 is 10.0 Å². The number of nitrogens with one attached hydrogen (secondary N) is 2. The monoisotopic (exact) mass is 445 g/mol. The fraction of sp³-hybridized carbons (Fsp3) is 0.412. The molecule has 8 nitrogen and oxygen atoms in total. The number of nitrogens with zero attached hydrogens (tertiary/aromatic N) is 3. The van der Waals surface area contributed by atoms with Gasteiger partial charge in [0.25, 0.3) is 0 Å². The summed E-state index contributed by atoms with van der Waals surface area (Å²) >= 11 is 11.8. The van der Waals surface area contributed by atoms with Crippen LogP contribution < -0.4 is 14.9 Å². The molecule has 2 aromatic rings. The Hall–Kier alpha value is -1.65. The fourth-order valence-electron chi connectivity index (χ4n) is 2.71. The van der Waals surface area contributed by atoms with Crippen molar-refractivity contribution in [2.24, 2.45) is 0 Å². The van der Waals surface area contributed by atoms with Gasteiger partial charge >= 0.3 is 0 Å². The van der Waals surface area contributed by atoms with E-state index in [0.717, 1.165) is 24.6 Å². The minimum Gasteiger partial charge on any atom is -0.378 e. The standard InChI is InChI=1S/C17H21Cl2N5O3S/c1-12-10-16(24-6-8-27-9-7-24)23-17(22-12)20-4-5-21-28(25,26)15-11-13(18)2-3-14(15)19/h2-3,10-11,21H,4-9H2,1H3,(H,20,22,23). The third-order valence-electron chi connectivity index (χ3n) is 4.06. The van der Waals surface area contributed by atoms with Gasteiger partial charge in [-0.1, -0.05) is 23.2 Å². The van der Waals surface area contributed by atoms with Crippen molar-refractivity contribution < 1.29 is 13.2 Å². The van der Waals surface area contributed by atoms with Gasteiger partial charge in [0, 0.05) is 43.0 Å². The molecule has 0 aliphatic carbocycles. The number of anilines is 2. The second-order valence-corrected chi connectivity index (χ2v) is 8.77. The largest absolute Gasteiger partial charge is 0.378 e. The number of halogens is 2. The fourth-order valence-corrected chi connectivity index (χ4v) is 4.50. The average molecular weight is 446 g/mol. The number of sulfonamides is 1. The number of morpholine rings is 1. The van der Waals surface area contributed by atoms with Crippen LogP contribution in [-0.2, 0) is 14.8 Å². The summed E-state index contributed by atoms with van der Waals surface area (Å²) < 4.78 is 32.7. The molecule has 0 saturated carbocycles. The normalized spacial score (nSPS) is 14.9. The number of benzene rings is 1. The van der Waals surface area contributed by atoms with E-state index in [1.54, 1.807) is 0 Å². The van der Waals surface area contributed by atoms with Crippen molar-refractivity contribution in [3.8, 4) is 0 Å². The molecule has 3 rings (SSSR count). The van der Waals surface area contributed by atoms with E-state index in [9.17, 15) is 8.42 Å². The zero-order chi connectivity index (χ0) is 20.1. The maximum atomic E-state index is 12.4. The molecule has 0 atom stereocenters. The number of hydrogen-bond acceptors (Lipinski definition) is 7. The molecule has 0 unspecified atom stereocenters. The molecule has 0 amide bonds. The number of ether oxygens (including phenoxy) is 1. The Morgan fingerprint density at radius 2 is 1.89 bits per heavy atom. The second kappa shape index (κ2) is 9.23. The number of hydrogen-bond donors (Lipinski definition) is 2. The predicted octanol–water partition coefficient (Wildman–Crippen LogP) is 2.32. The van der Waals surface area contributed by atoms with Gasteiger partial charge in [0.05, 0.1) is 18.2 Å². The molecule has 2 heterocycles. The Morgan fingerprint density at radius 3 is 2.64 bits per heavy atom. The molecular formula is C17H21Cl2N5O3S. The molecule has 1 fully saturated rings. The number of rotatable bonds is 7. The van der Waals surface area contributed by atoms with E-state index in [-0.39, 0.29) is 16.5 Å². The van der Waals surface area contributed by atoms with Crippen LogP contribution in [0, 0.1) is 6.92 Å². The summed E-state index contributed by atoms with van der Waals surface area (Å²) in [6.07, 6.45) is 0. The van der Waals surface area contributed by atoms with E-state index in [1.807, 2.05) is 13.0 Å². The van der Waals surface area contributed by atoms with E-state index in [0.29, 0.717) is 30.7 Å². The first kappa shape index (κ1) is 21.1. The van der Waals surface area contributed by atoms with Crippen LogP contribution in [0.3, 0.4) is 0 Å². The Labute approximate surface area is 174 Å². The molecule has 28 heavy (non-hydrogen) atoms. The summed E-state index contributed by atoms with van der Waals surface area (Å²) in [6, 6.07) is 6.22. The van der Waals surface area contributed by atoms with Crippen molar-refractivity contribution in [1.29, 1.82) is 0 Å². The molecular weight excluding hydrogens is 425 g/mol. The molecule has 1 aromatic heterocycles. The highest BCUT2D eigenvalue weighted by atomic mass is 35.5. The summed E-state index contributed by atoms with van der Waals surface area (Å²) in [5.74, 6) is 1.27. The third-order valence-corrected chi connectivity index (χ3v) is 6.24. The van der Waals surface area contributed by atoms with Gasteiger partial charge in [0.1, 0.15) is 10.7 Å². The topological polar surface area (TPSA) is 96.5 Å². The molecule has 0 bridgehead atoms. The molecule has 152 valence electrons. The van der Waals surface area contributed by atoms with E-state index in [2.05, 4.69) is 24.9 Å². The van der Waals surface area contributed by atoms with Gasteiger partial charge in [-0.3, -0.25) is 0 Å². The van der Waals surface area contributed by atoms with Crippen molar-refractivity contribution in [2.45, 2.75) is 11.8 Å². The van der Waals surface area contributed by atoms with Gasteiger partial charge < -0.3 is 15.0 Å². The van der Waals surface area contributed by atoms with Crippen LogP contribution in [0.5, 0.6) is 0 Å². The summed E-state index contributed by atoms with van der Waals surface area (Å²) in [4.78, 5) is 10.9. The van der Waals surface area contributed by atoms with Gasteiger partial charge in [-0.05, 0) is 25.1 Å². The van der Waals surface area contributed by atoms with Crippen molar-refractivity contribution in [2.75, 3.05) is 49.6 Å². The lowest BCUT2D eigenvalue weighted by molar-refractivity contribution is 0.122. The second-order valence-electron chi connectivity index (χ2n) is 6.19. The first-order chi connectivity index (χ1) is 13.3. The number of aryl methyl sites for hydroxylation is 1. The first-order valence-electron chi connectivity index (χ1n) is 8.72. The highest BCUT2D eigenvalue weighted by Crippen LogP contribution is 2.24. The van der Waals surface area contributed by atoms with Gasteiger partial charge in [0.2, 0.25) is 16.0 Å². The van der Waals surface area contributed by atoms with Crippen LogP contribution >= 0.6 is 23.2 Å². The van der Waals surface area contributed by atoms with Crippen LogP contribution in [0.25, 0.3) is 0 Å². The van der Waals surface area contributed by atoms with Crippen LogP contribution in [-0.4, -0.2) is 57.8 Å². The molecule has 2 N–H and O–H groups in total.